The Morgan fingerprint density at radius 1 is 1.11 bits per heavy atom. The van der Waals surface area contributed by atoms with Gasteiger partial charge in [-0.1, -0.05) is 35.0 Å². The summed E-state index contributed by atoms with van der Waals surface area (Å²) in [4.78, 5) is 17.7. The maximum atomic E-state index is 13.7. The monoisotopic (exact) mass is 479 g/mol. The van der Waals surface area contributed by atoms with Crippen LogP contribution in [0.3, 0.4) is 0 Å². The molecule has 0 N–H and O–H groups in total. The Labute approximate surface area is 206 Å². The van der Waals surface area contributed by atoms with Crippen molar-refractivity contribution in [2.24, 2.45) is 0 Å². The smallest absolute Gasteiger partial charge is 0.254 e. The van der Waals surface area contributed by atoms with E-state index < -0.39 is 0 Å². The van der Waals surface area contributed by atoms with Gasteiger partial charge in [-0.3, -0.25) is 4.79 Å². The van der Waals surface area contributed by atoms with Gasteiger partial charge in [0.1, 0.15) is 11.4 Å². The van der Waals surface area contributed by atoms with Crippen molar-refractivity contribution < 1.29 is 23.5 Å². The lowest BCUT2D eigenvalue weighted by Gasteiger charge is -2.28. The van der Waals surface area contributed by atoms with Gasteiger partial charge in [-0.15, -0.1) is 0 Å². The molecule has 0 bridgehead atoms. The first-order chi connectivity index (χ1) is 17.1. The molecule has 1 fully saturated rings. The molecule has 2 heterocycles. The van der Waals surface area contributed by atoms with E-state index in [2.05, 4.69) is 29.1 Å². The van der Waals surface area contributed by atoms with Gasteiger partial charge < -0.3 is 28.5 Å². The van der Waals surface area contributed by atoms with Crippen molar-refractivity contribution in [1.29, 1.82) is 0 Å². The van der Waals surface area contributed by atoms with Crippen molar-refractivity contribution in [3.63, 3.8) is 0 Å². The Hall–Kier alpha value is -3.36. The molecule has 1 aliphatic rings. The molecule has 35 heavy (non-hydrogen) atoms. The Morgan fingerprint density at radius 2 is 1.91 bits per heavy atom. The minimum Gasteiger partial charge on any atom is -0.497 e. The highest BCUT2D eigenvalue weighted by molar-refractivity contribution is 5.94. The van der Waals surface area contributed by atoms with E-state index in [1.807, 2.05) is 35.2 Å². The van der Waals surface area contributed by atoms with Gasteiger partial charge >= 0.3 is 0 Å². The zero-order valence-corrected chi connectivity index (χ0v) is 20.7. The predicted molar refractivity (Wildman–Crippen MR) is 134 cm³/mol. The van der Waals surface area contributed by atoms with Crippen LogP contribution < -0.4 is 9.64 Å². The predicted octanol–water partition coefficient (Wildman–Crippen LogP) is 4.17. The van der Waals surface area contributed by atoms with Crippen LogP contribution in [0.4, 0.5) is 5.88 Å². The van der Waals surface area contributed by atoms with Crippen LogP contribution in [-0.4, -0.2) is 69.6 Å². The van der Waals surface area contributed by atoms with Crippen LogP contribution in [0.15, 0.2) is 53.1 Å². The SMILES string of the molecule is COCCCN(Cc1c(-c2cccc(C)c2)noc1N1CCOCC1)C(=O)c1cccc(OC)c1. The summed E-state index contributed by atoms with van der Waals surface area (Å²) < 4.78 is 22.1. The van der Waals surface area contributed by atoms with Crippen molar-refractivity contribution in [2.75, 3.05) is 58.6 Å². The Bertz CT molecular complexity index is 1120. The summed E-state index contributed by atoms with van der Waals surface area (Å²) in [5, 5.41) is 4.47. The van der Waals surface area contributed by atoms with Crippen molar-refractivity contribution in [3.05, 3.63) is 65.2 Å². The Morgan fingerprint density at radius 3 is 2.66 bits per heavy atom. The molecule has 0 aliphatic carbocycles. The second kappa shape index (κ2) is 11.9. The van der Waals surface area contributed by atoms with E-state index in [4.69, 9.17) is 18.7 Å². The molecule has 1 saturated heterocycles. The number of anilines is 1. The molecule has 0 radical (unpaired) electrons. The van der Waals surface area contributed by atoms with Crippen LogP contribution in [0.5, 0.6) is 5.75 Å². The number of carbonyl (C=O) groups is 1. The summed E-state index contributed by atoms with van der Waals surface area (Å²) in [7, 11) is 3.26. The Kier molecular flexibility index (Phi) is 8.39. The van der Waals surface area contributed by atoms with Crippen LogP contribution in [0.1, 0.15) is 27.9 Å². The fraction of sp³-hybridized carbons (Fsp3) is 0.407. The second-order valence-electron chi connectivity index (χ2n) is 8.59. The maximum Gasteiger partial charge on any atom is 0.254 e. The van der Waals surface area contributed by atoms with Gasteiger partial charge in [0.25, 0.3) is 5.91 Å². The number of aryl methyl sites for hydroxylation is 1. The number of amides is 1. The highest BCUT2D eigenvalue weighted by atomic mass is 16.5. The summed E-state index contributed by atoms with van der Waals surface area (Å²) in [6.07, 6.45) is 0.712. The van der Waals surface area contributed by atoms with Crippen LogP contribution in [0.25, 0.3) is 11.3 Å². The molecule has 8 heteroatoms. The maximum absolute atomic E-state index is 13.7. The normalized spacial score (nSPS) is 13.6. The molecule has 4 rings (SSSR count). The number of hydrogen-bond donors (Lipinski definition) is 0. The first-order valence-corrected chi connectivity index (χ1v) is 11.9. The van der Waals surface area contributed by atoms with Gasteiger partial charge in [-0.2, -0.15) is 0 Å². The number of rotatable bonds is 10. The van der Waals surface area contributed by atoms with Crippen molar-refractivity contribution >= 4 is 11.8 Å². The molecular weight excluding hydrogens is 446 g/mol. The summed E-state index contributed by atoms with van der Waals surface area (Å²) >= 11 is 0. The molecule has 8 nitrogen and oxygen atoms in total. The van der Waals surface area contributed by atoms with E-state index in [1.54, 1.807) is 20.3 Å². The van der Waals surface area contributed by atoms with Gasteiger partial charge in [0.15, 0.2) is 0 Å². The fourth-order valence-electron chi connectivity index (χ4n) is 4.26. The first kappa shape index (κ1) is 24.8. The lowest BCUT2D eigenvalue weighted by atomic mass is 10.0. The molecule has 0 atom stereocenters. The number of benzene rings is 2. The molecule has 3 aromatic rings. The molecule has 2 aromatic carbocycles. The summed E-state index contributed by atoms with van der Waals surface area (Å²) in [5.41, 5.74) is 4.32. The van der Waals surface area contributed by atoms with Gasteiger partial charge in [0.05, 0.1) is 32.4 Å². The average Bonchev–Trinajstić information content (AvgIpc) is 3.32. The summed E-state index contributed by atoms with van der Waals surface area (Å²) in [6, 6.07) is 15.4. The molecule has 186 valence electrons. The van der Waals surface area contributed by atoms with Gasteiger partial charge in [-0.25, -0.2) is 0 Å². The highest BCUT2D eigenvalue weighted by Crippen LogP contribution is 2.34. The van der Waals surface area contributed by atoms with E-state index in [-0.39, 0.29) is 5.91 Å². The lowest BCUT2D eigenvalue weighted by Crippen LogP contribution is -2.37. The van der Waals surface area contributed by atoms with Gasteiger partial charge in [0, 0.05) is 44.5 Å². The number of morpholine rings is 1. The standard InChI is InChI=1S/C27H33N3O5/c1-20-7-4-8-21(17-20)25-24(27(35-28-25)29-12-15-34-16-13-29)19-30(11-6-14-32-2)26(31)22-9-5-10-23(18-22)33-3/h4-5,7-10,17-18H,6,11-16,19H2,1-3H3. The molecule has 1 amide bonds. The van der Waals surface area contributed by atoms with Crippen molar-refractivity contribution in [3.8, 4) is 17.0 Å². The number of methoxy groups -OCH3 is 2. The van der Waals surface area contributed by atoms with Crippen LogP contribution in [0, 0.1) is 6.92 Å². The van der Waals surface area contributed by atoms with Crippen LogP contribution in [0.2, 0.25) is 0 Å². The van der Waals surface area contributed by atoms with E-state index >= 15 is 0 Å². The molecular formula is C27H33N3O5. The van der Waals surface area contributed by atoms with Crippen molar-refractivity contribution in [1.82, 2.24) is 10.1 Å². The topological polar surface area (TPSA) is 77.3 Å². The third-order valence-electron chi connectivity index (χ3n) is 6.09. The average molecular weight is 480 g/mol. The number of ether oxygens (including phenoxy) is 3. The molecule has 0 spiro atoms. The number of hydrogen-bond acceptors (Lipinski definition) is 7. The highest BCUT2D eigenvalue weighted by Gasteiger charge is 2.27. The molecule has 1 aliphatic heterocycles. The van der Waals surface area contributed by atoms with Gasteiger partial charge in [-0.05, 0) is 37.6 Å². The fourth-order valence-corrected chi connectivity index (χ4v) is 4.26. The largest absolute Gasteiger partial charge is 0.497 e. The Balaban J connectivity index is 1.72. The summed E-state index contributed by atoms with van der Waals surface area (Å²) in [5.74, 6) is 1.26. The molecule has 1 aromatic heterocycles. The minimum atomic E-state index is -0.0793. The van der Waals surface area contributed by atoms with E-state index in [0.717, 1.165) is 22.4 Å². The summed E-state index contributed by atoms with van der Waals surface area (Å²) in [6.45, 7) is 6.18. The van der Waals surface area contributed by atoms with E-state index in [0.29, 0.717) is 69.6 Å². The third kappa shape index (κ3) is 6.01. The van der Waals surface area contributed by atoms with E-state index in [9.17, 15) is 4.79 Å². The minimum absolute atomic E-state index is 0.0793. The molecule has 0 saturated carbocycles. The zero-order valence-electron chi connectivity index (χ0n) is 20.7. The number of carbonyl (C=O) groups excluding carboxylic acids is 1. The third-order valence-corrected chi connectivity index (χ3v) is 6.09. The number of aromatic nitrogens is 1. The van der Waals surface area contributed by atoms with Crippen molar-refractivity contribution in [2.45, 2.75) is 19.9 Å². The van der Waals surface area contributed by atoms with Gasteiger partial charge in [0.2, 0.25) is 5.88 Å². The van der Waals surface area contributed by atoms with Crippen LogP contribution >= 0.6 is 0 Å². The number of nitrogens with zero attached hydrogens (tertiary/aromatic N) is 3. The molecule has 0 unspecified atom stereocenters. The van der Waals surface area contributed by atoms with E-state index in [1.165, 1.54) is 0 Å². The second-order valence-corrected chi connectivity index (χ2v) is 8.59. The lowest BCUT2D eigenvalue weighted by molar-refractivity contribution is 0.0723. The quantitative estimate of drug-likeness (QED) is 0.404. The zero-order chi connectivity index (χ0) is 24.6. The van der Waals surface area contributed by atoms with Crippen LogP contribution in [-0.2, 0) is 16.0 Å². The first-order valence-electron chi connectivity index (χ1n) is 11.9.